The molecule has 1 aromatic rings. The molecule has 18 heavy (non-hydrogen) atoms. The van der Waals surface area contributed by atoms with Gasteiger partial charge >= 0.3 is 0 Å². The minimum Gasteiger partial charge on any atom is -0.497 e. The molecule has 0 saturated carbocycles. The topological polar surface area (TPSA) is 87.1 Å². The molecule has 1 heterocycles. The second kappa shape index (κ2) is 4.85. The number of sulfonamides is 1. The van der Waals surface area contributed by atoms with Crippen LogP contribution >= 0.6 is 0 Å². The summed E-state index contributed by atoms with van der Waals surface area (Å²) in [5.74, 6) is 0.441. The third kappa shape index (κ3) is 2.35. The zero-order valence-electron chi connectivity index (χ0n) is 9.85. The number of rotatable bonds is 3. The van der Waals surface area contributed by atoms with Gasteiger partial charge in [-0.05, 0) is 12.1 Å². The maximum atomic E-state index is 12.2. The van der Waals surface area contributed by atoms with Gasteiger partial charge in [-0.3, -0.25) is 0 Å². The highest BCUT2D eigenvalue weighted by molar-refractivity contribution is 7.89. The third-order valence-corrected chi connectivity index (χ3v) is 4.73. The highest BCUT2D eigenvalue weighted by Gasteiger charge is 2.37. The lowest BCUT2D eigenvalue weighted by Gasteiger charge is -2.15. The lowest BCUT2D eigenvalue weighted by atomic mass is 10.3. The van der Waals surface area contributed by atoms with E-state index in [2.05, 4.69) is 0 Å². The summed E-state index contributed by atoms with van der Waals surface area (Å²) in [7, 11) is -2.25. The van der Waals surface area contributed by atoms with Gasteiger partial charge in [0.1, 0.15) is 5.75 Å². The molecule has 1 aliphatic rings. The molecule has 2 unspecified atom stereocenters. The highest BCUT2D eigenvalue weighted by atomic mass is 32.2. The van der Waals surface area contributed by atoms with Gasteiger partial charge in [0.15, 0.2) is 0 Å². The molecular weight excluding hydrogens is 258 g/mol. The molecule has 2 atom stereocenters. The standard InChI is InChI=1S/C11H15NO5S/c1-17-8-3-2-4-9(5-8)18(15,16)12-6-10(13)11(14)7-12/h2-5,10-11,13-14H,6-7H2,1H3. The average molecular weight is 273 g/mol. The molecule has 1 saturated heterocycles. The number of β-amino-alcohol motifs (C(OH)–C–C–N with tert-alkyl or cyclic N) is 2. The quantitative estimate of drug-likeness (QED) is 0.769. The van der Waals surface area contributed by atoms with Gasteiger partial charge in [-0.2, -0.15) is 4.31 Å². The van der Waals surface area contributed by atoms with Crippen molar-refractivity contribution in [3.05, 3.63) is 24.3 Å². The van der Waals surface area contributed by atoms with E-state index in [0.29, 0.717) is 5.75 Å². The number of nitrogens with zero attached hydrogens (tertiary/aromatic N) is 1. The summed E-state index contributed by atoms with van der Waals surface area (Å²) in [5.41, 5.74) is 0. The number of hydrogen-bond acceptors (Lipinski definition) is 5. The van der Waals surface area contributed by atoms with Crippen molar-refractivity contribution in [2.45, 2.75) is 17.1 Å². The smallest absolute Gasteiger partial charge is 0.243 e. The molecule has 100 valence electrons. The van der Waals surface area contributed by atoms with Crippen LogP contribution in [0.5, 0.6) is 5.75 Å². The van der Waals surface area contributed by atoms with Crippen LogP contribution in [0.1, 0.15) is 0 Å². The van der Waals surface area contributed by atoms with Gasteiger partial charge in [-0.1, -0.05) is 6.07 Å². The van der Waals surface area contributed by atoms with Gasteiger partial charge in [-0.15, -0.1) is 0 Å². The van der Waals surface area contributed by atoms with Gasteiger partial charge < -0.3 is 14.9 Å². The average Bonchev–Trinajstić information content (AvgIpc) is 2.70. The number of ether oxygens (including phenoxy) is 1. The molecule has 0 aliphatic carbocycles. The van der Waals surface area contributed by atoms with Crippen molar-refractivity contribution in [1.82, 2.24) is 4.31 Å². The van der Waals surface area contributed by atoms with Gasteiger partial charge in [-0.25, -0.2) is 8.42 Å². The summed E-state index contributed by atoms with van der Waals surface area (Å²) in [4.78, 5) is 0.0863. The number of benzene rings is 1. The monoisotopic (exact) mass is 273 g/mol. The van der Waals surface area contributed by atoms with Crippen LogP contribution in [0.15, 0.2) is 29.2 Å². The van der Waals surface area contributed by atoms with Crippen molar-refractivity contribution in [2.75, 3.05) is 20.2 Å². The molecule has 1 fully saturated rings. The first kappa shape index (κ1) is 13.3. The van der Waals surface area contributed by atoms with E-state index in [4.69, 9.17) is 4.74 Å². The lowest BCUT2D eigenvalue weighted by molar-refractivity contribution is 0.0572. The summed E-state index contributed by atoms with van der Waals surface area (Å²) in [6.07, 6.45) is -2.07. The predicted octanol–water partition coefficient (Wildman–Crippen LogP) is -0.579. The van der Waals surface area contributed by atoms with Crippen molar-refractivity contribution in [3.63, 3.8) is 0 Å². The molecular formula is C11H15NO5S. The summed E-state index contributed by atoms with van der Waals surface area (Å²) in [6, 6.07) is 6.09. The first-order valence-corrected chi connectivity index (χ1v) is 6.89. The number of aliphatic hydroxyl groups is 2. The Morgan fingerprint density at radius 1 is 1.28 bits per heavy atom. The fourth-order valence-corrected chi connectivity index (χ4v) is 3.35. The maximum Gasteiger partial charge on any atom is 0.243 e. The summed E-state index contributed by atoms with van der Waals surface area (Å²) in [6.45, 7) is -0.193. The van der Waals surface area contributed by atoms with E-state index in [1.165, 1.54) is 19.2 Å². The summed E-state index contributed by atoms with van der Waals surface area (Å²) >= 11 is 0. The Balaban J connectivity index is 2.31. The van der Waals surface area contributed by atoms with E-state index in [1.54, 1.807) is 12.1 Å². The molecule has 0 amide bonds. The van der Waals surface area contributed by atoms with Gasteiger partial charge in [0.05, 0.1) is 24.2 Å². The van der Waals surface area contributed by atoms with Gasteiger partial charge in [0.25, 0.3) is 0 Å². The van der Waals surface area contributed by atoms with E-state index in [1.807, 2.05) is 0 Å². The van der Waals surface area contributed by atoms with Crippen molar-refractivity contribution in [1.29, 1.82) is 0 Å². The maximum absolute atomic E-state index is 12.2. The van der Waals surface area contributed by atoms with E-state index >= 15 is 0 Å². The minimum atomic E-state index is -3.70. The van der Waals surface area contributed by atoms with Crippen LogP contribution in [-0.4, -0.2) is 55.3 Å². The van der Waals surface area contributed by atoms with Crippen LogP contribution < -0.4 is 4.74 Å². The second-order valence-corrected chi connectivity index (χ2v) is 6.07. The summed E-state index contributed by atoms with van der Waals surface area (Å²) in [5, 5.41) is 18.8. The van der Waals surface area contributed by atoms with E-state index in [-0.39, 0.29) is 18.0 Å². The molecule has 2 N–H and O–H groups in total. The predicted molar refractivity (Wildman–Crippen MR) is 63.8 cm³/mol. The molecule has 0 aromatic heterocycles. The molecule has 2 rings (SSSR count). The number of aliphatic hydroxyl groups excluding tert-OH is 2. The van der Waals surface area contributed by atoms with Crippen LogP contribution in [0.4, 0.5) is 0 Å². The number of methoxy groups -OCH3 is 1. The fraction of sp³-hybridized carbons (Fsp3) is 0.455. The van der Waals surface area contributed by atoms with Gasteiger partial charge in [0, 0.05) is 19.2 Å². The molecule has 0 spiro atoms. The van der Waals surface area contributed by atoms with Crippen molar-refractivity contribution in [2.24, 2.45) is 0 Å². The van der Waals surface area contributed by atoms with Crippen LogP contribution in [0.3, 0.4) is 0 Å². The summed E-state index contributed by atoms with van der Waals surface area (Å²) < 4.78 is 30.5. The molecule has 0 bridgehead atoms. The molecule has 7 heteroatoms. The van der Waals surface area contributed by atoms with Crippen LogP contribution in [-0.2, 0) is 10.0 Å². The molecule has 6 nitrogen and oxygen atoms in total. The Labute approximate surface area is 105 Å². The van der Waals surface area contributed by atoms with E-state index in [9.17, 15) is 18.6 Å². The number of hydrogen-bond donors (Lipinski definition) is 2. The van der Waals surface area contributed by atoms with Crippen molar-refractivity contribution < 1.29 is 23.4 Å². The first-order chi connectivity index (χ1) is 8.45. The van der Waals surface area contributed by atoms with Crippen molar-refractivity contribution in [3.8, 4) is 5.75 Å². The third-order valence-electron chi connectivity index (χ3n) is 2.90. The van der Waals surface area contributed by atoms with Crippen LogP contribution in [0, 0.1) is 0 Å². The molecule has 1 aliphatic heterocycles. The second-order valence-electron chi connectivity index (χ2n) is 4.14. The van der Waals surface area contributed by atoms with Crippen LogP contribution in [0.2, 0.25) is 0 Å². The Kier molecular flexibility index (Phi) is 3.58. The lowest BCUT2D eigenvalue weighted by Crippen LogP contribution is -2.29. The molecule has 1 aromatic carbocycles. The van der Waals surface area contributed by atoms with E-state index < -0.39 is 22.2 Å². The zero-order chi connectivity index (χ0) is 13.3. The zero-order valence-corrected chi connectivity index (χ0v) is 10.7. The Morgan fingerprint density at radius 2 is 1.89 bits per heavy atom. The molecule has 0 radical (unpaired) electrons. The minimum absolute atomic E-state index is 0.0863. The first-order valence-electron chi connectivity index (χ1n) is 5.45. The Hall–Kier alpha value is -1.15. The largest absolute Gasteiger partial charge is 0.497 e. The Bertz CT molecular complexity index is 520. The highest BCUT2D eigenvalue weighted by Crippen LogP contribution is 2.24. The van der Waals surface area contributed by atoms with Crippen molar-refractivity contribution >= 4 is 10.0 Å². The Morgan fingerprint density at radius 3 is 2.44 bits per heavy atom. The normalized spacial score (nSPS) is 25.3. The van der Waals surface area contributed by atoms with E-state index in [0.717, 1.165) is 4.31 Å². The van der Waals surface area contributed by atoms with Gasteiger partial charge in [0.2, 0.25) is 10.0 Å². The fourth-order valence-electron chi connectivity index (χ4n) is 1.84. The SMILES string of the molecule is COc1cccc(S(=O)(=O)N2CC(O)C(O)C2)c1. The van der Waals surface area contributed by atoms with Crippen LogP contribution in [0.25, 0.3) is 0 Å².